The Morgan fingerprint density at radius 1 is 1.16 bits per heavy atom. The van der Waals surface area contributed by atoms with Crippen LogP contribution in [-0.2, 0) is 0 Å². The molecule has 0 aliphatic rings. The zero-order valence-electron chi connectivity index (χ0n) is 11.9. The number of benzene rings is 1. The number of nitrogens with one attached hydrogen (secondary N) is 1. The molecule has 3 heteroatoms. The highest BCUT2D eigenvalue weighted by molar-refractivity contribution is 9.10. The van der Waals surface area contributed by atoms with Gasteiger partial charge in [0.1, 0.15) is 0 Å². The third kappa shape index (κ3) is 3.28. The first-order valence-electron chi connectivity index (χ1n) is 6.59. The summed E-state index contributed by atoms with van der Waals surface area (Å²) in [6, 6.07) is 9.15. The molecule has 1 nitrogen and oxygen atoms in total. The molecule has 0 fully saturated rings. The molecular weight excluding hydrogens is 318 g/mol. The molecule has 0 aliphatic heterocycles. The zero-order valence-corrected chi connectivity index (χ0v) is 14.3. The fourth-order valence-corrected chi connectivity index (χ4v) is 3.93. The van der Waals surface area contributed by atoms with Crippen molar-refractivity contribution in [2.45, 2.75) is 33.7 Å². The highest BCUT2D eigenvalue weighted by atomic mass is 79.9. The second kappa shape index (κ2) is 6.21. The first-order chi connectivity index (χ1) is 9.02. The average molecular weight is 338 g/mol. The molecule has 0 radical (unpaired) electrons. The van der Waals surface area contributed by atoms with Crippen LogP contribution in [0.2, 0.25) is 0 Å². The van der Waals surface area contributed by atoms with Crippen molar-refractivity contribution in [3.63, 3.8) is 0 Å². The summed E-state index contributed by atoms with van der Waals surface area (Å²) in [4.78, 5) is 2.79. The highest BCUT2D eigenvalue weighted by Crippen LogP contribution is 2.32. The summed E-state index contributed by atoms with van der Waals surface area (Å²) in [6.45, 7) is 9.70. The summed E-state index contributed by atoms with van der Waals surface area (Å²) < 4.78 is 1.14. The molecule has 0 saturated carbocycles. The predicted molar refractivity (Wildman–Crippen MR) is 88.2 cm³/mol. The molecule has 2 aromatic rings. The smallest absolute Gasteiger partial charge is 0.0590 e. The molecule has 1 aromatic heterocycles. The highest BCUT2D eigenvalue weighted by Gasteiger charge is 2.18. The first-order valence-corrected chi connectivity index (χ1v) is 8.20. The molecule has 2 rings (SSSR count). The molecule has 1 N–H and O–H groups in total. The summed E-state index contributed by atoms with van der Waals surface area (Å²) >= 11 is 5.42. The minimum atomic E-state index is 0.294. The van der Waals surface area contributed by atoms with Gasteiger partial charge in [0.15, 0.2) is 0 Å². The van der Waals surface area contributed by atoms with Crippen LogP contribution in [0.3, 0.4) is 0 Å². The van der Waals surface area contributed by atoms with Gasteiger partial charge in [0.25, 0.3) is 0 Å². The molecule has 1 atom stereocenters. The van der Waals surface area contributed by atoms with Gasteiger partial charge in [0.05, 0.1) is 6.04 Å². The van der Waals surface area contributed by atoms with E-state index in [-0.39, 0.29) is 0 Å². The summed E-state index contributed by atoms with van der Waals surface area (Å²) in [5, 5.41) is 3.62. The van der Waals surface area contributed by atoms with Gasteiger partial charge in [-0.25, -0.2) is 0 Å². The van der Waals surface area contributed by atoms with E-state index in [1.807, 2.05) is 11.3 Å². The fraction of sp³-hybridized carbons (Fsp3) is 0.375. The molecule has 19 heavy (non-hydrogen) atoms. The van der Waals surface area contributed by atoms with Gasteiger partial charge in [-0.15, -0.1) is 11.3 Å². The third-order valence-corrected chi connectivity index (χ3v) is 4.82. The lowest BCUT2D eigenvalue weighted by Gasteiger charge is -2.21. The van der Waals surface area contributed by atoms with E-state index in [9.17, 15) is 0 Å². The van der Waals surface area contributed by atoms with E-state index < -0.39 is 0 Å². The van der Waals surface area contributed by atoms with Crippen molar-refractivity contribution in [2.24, 2.45) is 0 Å². The fourth-order valence-electron chi connectivity index (χ4n) is 2.49. The number of aryl methyl sites for hydroxylation is 3. The Balaban J connectivity index is 2.48. The predicted octanol–water partition coefficient (Wildman–Crippen LogP) is 5.13. The molecule has 0 bridgehead atoms. The maximum absolute atomic E-state index is 3.62. The van der Waals surface area contributed by atoms with Crippen LogP contribution in [0.1, 0.15) is 39.4 Å². The summed E-state index contributed by atoms with van der Waals surface area (Å²) in [6.07, 6.45) is 0. The summed E-state index contributed by atoms with van der Waals surface area (Å²) in [5.41, 5.74) is 4.10. The van der Waals surface area contributed by atoms with Crippen molar-refractivity contribution in [3.05, 3.63) is 55.2 Å². The number of halogens is 1. The summed E-state index contributed by atoms with van der Waals surface area (Å²) in [5.74, 6) is 0. The second-order valence-electron chi connectivity index (χ2n) is 4.86. The van der Waals surface area contributed by atoms with Gasteiger partial charge >= 0.3 is 0 Å². The van der Waals surface area contributed by atoms with Gasteiger partial charge < -0.3 is 5.32 Å². The molecule has 1 heterocycles. The van der Waals surface area contributed by atoms with Crippen molar-refractivity contribution in [1.29, 1.82) is 0 Å². The van der Waals surface area contributed by atoms with Gasteiger partial charge in [-0.1, -0.05) is 28.9 Å². The third-order valence-electron chi connectivity index (χ3n) is 3.34. The molecule has 102 valence electrons. The monoisotopic (exact) mass is 337 g/mol. The molecule has 0 saturated heterocycles. The van der Waals surface area contributed by atoms with Crippen LogP contribution in [0, 0.1) is 20.8 Å². The molecular formula is C16H20BrNS. The summed E-state index contributed by atoms with van der Waals surface area (Å²) in [7, 11) is 0. The van der Waals surface area contributed by atoms with E-state index in [2.05, 4.69) is 73.2 Å². The van der Waals surface area contributed by atoms with Gasteiger partial charge in [0, 0.05) is 14.2 Å². The molecule has 1 unspecified atom stereocenters. The van der Waals surface area contributed by atoms with Crippen molar-refractivity contribution in [3.8, 4) is 0 Å². The Labute approximate surface area is 128 Å². The minimum absolute atomic E-state index is 0.294. The number of hydrogen-bond donors (Lipinski definition) is 1. The number of thiophene rings is 1. The van der Waals surface area contributed by atoms with E-state index in [0.29, 0.717) is 6.04 Å². The van der Waals surface area contributed by atoms with Crippen LogP contribution in [0.25, 0.3) is 0 Å². The van der Waals surface area contributed by atoms with E-state index >= 15 is 0 Å². The molecule has 1 aromatic carbocycles. The van der Waals surface area contributed by atoms with Crippen molar-refractivity contribution < 1.29 is 0 Å². The van der Waals surface area contributed by atoms with E-state index in [0.717, 1.165) is 11.0 Å². The topological polar surface area (TPSA) is 12.0 Å². The van der Waals surface area contributed by atoms with Crippen LogP contribution in [0.15, 0.2) is 28.7 Å². The van der Waals surface area contributed by atoms with E-state index in [1.165, 1.54) is 26.4 Å². The van der Waals surface area contributed by atoms with Crippen LogP contribution in [0.4, 0.5) is 0 Å². The minimum Gasteiger partial charge on any atom is -0.306 e. The van der Waals surface area contributed by atoms with Crippen LogP contribution < -0.4 is 5.32 Å². The number of rotatable bonds is 4. The van der Waals surface area contributed by atoms with Crippen molar-refractivity contribution in [2.75, 3.05) is 6.54 Å². The quantitative estimate of drug-likeness (QED) is 0.814. The lowest BCUT2D eigenvalue weighted by atomic mass is 9.95. The standard InChI is InChI=1S/C16H20BrNS/c1-5-18-16(15-9-11(3)19-12(15)4)14-7-6-13(17)8-10(14)2/h6-9,16,18H,5H2,1-4H3. The Hall–Kier alpha value is -0.640. The Morgan fingerprint density at radius 3 is 2.42 bits per heavy atom. The Bertz CT molecular complexity index is 574. The molecule has 0 spiro atoms. The zero-order chi connectivity index (χ0) is 14.0. The average Bonchev–Trinajstić information content (AvgIpc) is 2.66. The largest absolute Gasteiger partial charge is 0.306 e. The van der Waals surface area contributed by atoms with Crippen LogP contribution in [-0.4, -0.2) is 6.54 Å². The van der Waals surface area contributed by atoms with E-state index in [1.54, 1.807) is 0 Å². The van der Waals surface area contributed by atoms with Crippen molar-refractivity contribution >= 4 is 27.3 Å². The second-order valence-corrected chi connectivity index (χ2v) is 7.24. The van der Waals surface area contributed by atoms with E-state index in [4.69, 9.17) is 0 Å². The molecule has 0 amide bonds. The van der Waals surface area contributed by atoms with Crippen LogP contribution in [0.5, 0.6) is 0 Å². The lowest BCUT2D eigenvalue weighted by molar-refractivity contribution is 0.627. The van der Waals surface area contributed by atoms with Crippen LogP contribution >= 0.6 is 27.3 Å². The maximum atomic E-state index is 3.62. The Kier molecular flexibility index (Phi) is 4.82. The van der Waals surface area contributed by atoms with Gasteiger partial charge in [-0.2, -0.15) is 0 Å². The van der Waals surface area contributed by atoms with Gasteiger partial charge in [0.2, 0.25) is 0 Å². The molecule has 0 aliphatic carbocycles. The first kappa shape index (κ1) is 14.8. The normalized spacial score (nSPS) is 12.7. The lowest BCUT2D eigenvalue weighted by Crippen LogP contribution is -2.23. The Morgan fingerprint density at radius 2 is 1.89 bits per heavy atom. The van der Waals surface area contributed by atoms with Gasteiger partial charge in [-0.05, 0) is 62.2 Å². The van der Waals surface area contributed by atoms with Gasteiger partial charge in [-0.3, -0.25) is 0 Å². The SMILES string of the molecule is CCNC(c1ccc(Br)cc1C)c1cc(C)sc1C. The van der Waals surface area contributed by atoms with Crippen molar-refractivity contribution in [1.82, 2.24) is 5.32 Å². The maximum Gasteiger partial charge on any atom is 0.0590 e. The number of hydrogen-bond acceptors (Lipinski definition) is 2.